The summed E-state index contributed by atoms with van der Waals surface area (Å²) >= 11 is 0. The normalized spacial score (nSPS) is 10.6. The third-order valence-electron chi connectivity index (χ3n) is 3.14. The smallest absolute Gasteiger partial charge is 0.137 e. The minimum absolute atomic E-state index is 0.777. The van der Waals surface area contributed by atoms with Gasteiger partial charge in [0.2, 0.25) is 0 Å². The van der Waals surface area contributed by atoms with Crippen molar-refractivity contribution in [2.24, 2.45) is 7.05 Å². The fourth-order valence-electron chi connectivity index (χ4n) is 2.15. The summed E-state index contributed by atoms with van der Waals surface area (Å²) in [6.45, 7) is 5.88. The zero-order valence-corrected chi connectivity index (χ0v) is 12.6. The number of hydrogen-bond acceptors (Lipinski definition) is 5. The Balaban J connectivity index is 2.14. The van der Waals surface area contributed by atoms with Gasteiger partial charge in [0.15, 0.2) is 0 Å². The van der Waals surface area contributed by atoms with Crippen LogP contribution in [0.25, 0.3) is 0 Å². The van der Waals surface area contributed by atoms with E-state index in [-0.39, 0.29) is 0 Å². The summed E-state index contributed by atoms with van der Waals surface area (Å²) in [6, 6.07) is 0. The van der Waals surface area contributed by atoms with Crippen LogP contribution in [0.15, 0.2) is 18.7 Å². The van der Waals surface area contributed by atoms with E-state index in [4.69, 9.17) is 0 Å². The van der Waals surface area contributed by atoms with Crippen LogP contribution in [0, 0.1) is 6.92 Å². The molecule has 0 radical (unpaired) electrons. The van der Waals surface area contributed by atoms with Crippen LogP contribution in [-0.2, 0) is 13.6 Å². The molecule has 0 unspecified atom stereocenters. The summed E-state index contributed by atoms with van der Waals surface area (Å²) in [5, 5.41) is 7.52. The van der Waals surface area contributed by atoms with Gasteiger partial charge in [-0.25, -0.2) is 9.97 Å². The van der Waals surface area contributed by atoms with Gasteiger partial charge in [-0.3, -0.25) is 4.68 Å². The third kappa shape index (κ3) is 3.26. The van der Waals surface area contributed by atoms with Gasteiger partial charge in [-0.2, -0.15) is 5.10 Å². The molecule has 0 aliphatic heterocycles. The first kappa shape index (κ1) is 14.3. The maximum absolute atomic E-state index is 4.40. The van der Waals surface area contributed by atoms with E-state index >= 15 is 0 Å². The van der Waals surface area contributed by atoms with Crippen molar-refractivity contribution in [1.82, 2.24) is 19.7 Å². The van der Waals surface area contributed by atoms with Gasteiger partial charge in [0.1, 0.15) is 18.0 Å². The molecule has 2 heterocycles. The van der Waals surface area contributed by atoms with Crippen LogP contribution in [0.2, 0.25) is 0 Å². The van der Waals surface area contributed by atoms with Crippen molar-refractivity contribution in [3.8, 4) is 0 Å². The molecule has 0 spiro atoms. The van der Waals surface area contributed by atoms with Gasteiger partial charge in [0.25, 0.3) is 0 Å². The Hall–Kier alpha value is -2.11. The number of nitrogens with zero attached hydrogens (tertiary/aromatic N) is 5. The predicted molar refractivity (Wildman–Crippen MR) is 80.9 cm³/mol. The molecule has 0 amide bonds. The molecule has 2 aromatic rings. The lowest BCUT2D eigenvalue weighted by molar-refractivity contribution is 0.766. The van der Waals surface area contributed by atoms with Crippen LogP contribution < -0.4 is 10.2 Å². The fourth-order valence-corrected chi connectivity index (χ4v) is 2.15. The Morgan fingerprint density at radius 2 is 2.15 bits per heavy atom. The van der Waals surface area contributed by atoms with Gasteiger partial charge in [-0.15, -0.1) is 0 Å². The van der Waals surface area contributed by atoms with Crippen molar-refractivity contribution < 1.29 is 0 Å². The third-order valence-corrected chi connectivity index (χ3v) is 3.14. The molecule has 0 aliphatic rings. The first-order valence-corrected chi connectivity index (χ1v) is 6.86. The second-order valence-electron chi connectivity index (χ2n) is 4.98. The molecule has 2 aromatic heterocycles. The Morgan fingerprint density at radius 1 is 1.35 bits per heavy atom. The summed E-state index contributed by atoms with van der Waals surface area (Å²) in [5.41, 5.74) is 2.24. The second-order valence-corrected chi connectivity index (χ2v) is 4.98. The van der Waals surface area contributed by atoms with Gasteiger partial charge in [0.05, 0.1) is 6.20 Å². The monoisotopic (exact) mass is 274 g/mol. The quantitative estimate of drug-likeness (QED) is 0.873. The van der Waals surface area contributed by atoms with Gasteiger partial charge < -0.3 is 10.2 Å². The minimum Gasteiger partial charge on any atom is -0.370 e. The summed E-state index contributed by atoms with van der Waals surface area (Å²) in [7, 11) is 3.96. The van der Waals surface area contributed by atoms with Gasteiger partial charge in [0, 0.05) is 44.5 Å². The molecule has 1 N–H and O–H groups in total. The van der Waals surface area contributed by atoms with Gasteiger partial charge in [-0.1, -0.05) is 6.92 Å². The Morgan fingerprint density at radius 3 is 2.80 bits per heavy atom. The molecule has 0 bridgehead atoms. The number of nitrogens with one attached hydrogen (secondary N) is 1. The molecule has 0 fully saturated rings. The number of rotatable bonds is 6. The van der Waals surface area contributed by atoms with E-state index in [9.17, 15) is 0 Å². The fraction of sp³-hybridized carbons (Fsp3) is 0.500. The van der Waals surface area contributed by atoms with E-state index in [1.165, 1.54) is 0 Å². The number of hydrogen-bond donors (Lipinski definition) is 1. The standard InChI is InChI=1S/C14H22N6/c1-5-6-15-13-11(2)14(17-10-16-13)19(3)8-12-7-18-20(4)9-12/h7,9-10H,5-6,8H2,1-4H3,(H,15,16,17). The highest BCUT2D eigenvalue weighted by Crippen LogP contribution is 2.22. The number of aryl methyl sites for hydroxylation is 1. The van der Waals surface area contributed by atoms with E-state index in [1.54, 1.807) is 6.33 Å². The number of anilines is 2. The minimum atomic E-state index is 0.777. The van der Waals surface area contributed by atoms with Crippen molar-refractivity contribution >= 4 is 11.6 Å². The molecular weight excluding hydrogens is 252 g/mol. The summed E-state index contributed by atoms with van der Waals surface area (Å²) in [4.78, 5) is 10.8. The highest BCUT2D eigenvalue weighted by atomic mass is 15.2. The highest BCUT2D eigenvalue weighted by molar-refractivity contribution is 5.57. The van der Waals surface area contributed by atoms with E-state index in [2.05, 4.69) is 32.2 Å². The molecule has 0 aromatic carbocycles. The van der Waals surface area contributed by atoms with E-state index in [0.29, 0.717) is 0 Å². The maximum atomic E-state index is 4.40. The van der Waals surface area contributed by atoms with Crippen LogP contribution in [0.5, 0.6) is 0 Å². The second kappa shape index (κ2) is 6.36. The summed E-state index contributed by atoms with van der Waals surface area (Å²) in [5.74, 6) is 1.86. The lowest BCUT2D eigenvalue weighted by Crippen LogP contribution is -2.19. The van der Waals surface area contributed by atoms with Crippen molar-refractivity contribution in [2.75, 3.05) is 23.8 Å². The molecule has 0 atom stereocenters. The van der Waals surface area contributed by atoms with Gasteiger partial charge >= 0.3 is 0 Å². The topological polar surface area (TPSA) is 58.9 Å². The van der Waals surface area contributed by atoms with Crippen molar-refractivity contribution in [1.29, 1.82) is 0 Å². The van der Waals surface area contributed by atoms with Crippen molar-refractivity contribution in [3.63, 3.8) is 0 Å². The number of aromatic nitrogens is 4. The maximum Gasteiger partial charge on any atom is 0.137 e. The van der Waals surface area contributed by atoms with E-state index in [0.717, 1.165) is 42.3 Å². The Labute approximate surface area is 119 Å². The largest absolute Gasteiger partial charge is 0.370 e. The average molecular weight is 274 g/mol. The molecule has 108 valence electrons. The molecule has 20 heavy (non-hydrogen) atoms. The van der Waals surface area contributed by atoms with Crippen LogP contribution in [0.4, 0.5) is 11.6 Å². The molecule has 6 heteroatoms. The lowest BCUT2D eigenvalue weighted by atomic mass is 10.2. The van der Waals surface area contributed by atoms with Crippen LogP contribution in [0.1, 0.15) is 24.5 Å². The first-order valence-electron chi connectivity index (χ1n) is 6.86. The van der Waals surface area contributed by atoms with Crippen LogP contribution in [-0.4, -0.2) is 33.3 Å². The van der Waals surface area contributed by atoms with Crippen molar-refractivity contribution in [2.45, 2.75) is 26.8 Å². The molecule has 0 aliphatic carbocycles. The molecule has 6 nitrogen and oxygen atoms in total. The SMILES string of the molecule is CCCNc1ncnc(N(C)Cc2cnn(C)c2)c1C. The molecule has 0 saturated carbocycles. The Kier molecular flexibility index (Phi) is 4.55. The predicted octanol–water partition coefficient (Wildman–Crippen LogP) is 1.98. The molecule has 2 rings (SSSR count). The summed E-state index contributed by atoms with van der Waals surface area (Å²) in [6.07, 6.45) is 6.58. The van der Waals surface area contributed by atoms with E-state index in [1.807, 2.05) is 38.1 Å². The highest BCUT2D eigenvalue weighted by Gasteiger charge is 2.11. The average Bonchev–Trinajstić information content (AvgIpc) is 2.83. The Bertz CT molecular complexity index is 563. The van der Waals surface area contributed by atoms with Gasteiger partial charge in [-0.05, 0) is 13.3 Å². The van der Waals surface area contributed by atoms with Crippen LogP contribution >= 0.6 is 0 Å². The lowest BCUT2D eigenvalue weighted by Gasteiger charge is -2.20. The summed E-state index contributed by atoms with van der Waals surface area (Å²) < 4.78 is 1.81. The first-order chi connectivity index (χ1) is 9.61. The van der Waals surface area contributed by atoms with E-state index < -0.39 is 0 Å². The zero-order chi connectivity index (χ0) is 14.5. The van der Waals surface area contributed by atoms with Crippen molar-refractivity contribution in [3.05, 3.63) is 29.8 Å². The molecular formula is C14H22N6. The molecule has 0 saturated heterocycles. The zero-order valence-electron chi connectivity index (χ0n) is 12.6. The van der Waals surface area contributed by atoms with Crippen LogP contribution in [0.3, 0.4) is 0 Å².